The monoisotopic (exact) mass is 318 g/mol. The SMILES string of the molecule is OCc1cccc2ccccc12.Oc1ccc2ccc(O)cc2c1. The summed E-state index contributed by atoms with van der Waals surface area (Å²) in [4.78, 5) is 0. The van der Waals surface area contributed by atoms with E-state index in [2.05, 4.69) is 12.1 Å². The molecule has 3 nitrogen and oxygen atoms in total. The van der Waals surface area contributed by atoms with Crippen LogP contribution in [-0.4, -0.2) is 15.3 Å². The van der Waals surface area contributed by atoms with Crippen LogP contribution in [0.4, 0.5) is 0 Å². The van der Waals surface area contributed by atoms with E-state index in [1.165, 1.54) is 5.39 Å². The Bertz CT molecular complexity index is 935. The summed E-state index contributed by atoms with van der Waals surface area (Å²) >= 11 is 0. The third-order valence-corrected chi connectivity index (χ3v) is 3.86. The van der Waals surface area contributed by atoms with Crippen LogP contribution < -0.4 is 0 Å². The summed E-state index contributed by atoms with van der Waals surface area (Å²) in [6.45, 7) is 0.112. The highest BCUT2D eigenvalue weighted by Gasteiger charge is 1.97. The third-order valence-electron chi connectivity index (χ3n) is 3.86. The average Bonchev–Trinajstić information content (AvgIpc) is 2.61. The second-order valence-corrected chi connectivity index (χ2v) is 5.51. The molecule has 0 bridgehead atoms. The van der Waals surface area contributed by atoms with Crippen LogP contribution in [0.2, 0.25) is 0 Å². The highest BCUT2D eigenvalue weighted by atomic mass is 16.3. The molecule has 0 amide bonds. The van der Waals surface area contributed by atoms with E-state index < -0.39 is 0 Å². The van der Waals surface area contributed by atoms with Crippen LogP contribution in [0.1, 0.15) is 5.56 Å². The molecule has 3 N–H and O–H groups in total. The van der Waals surface area contributed by atoms with Crippen LogP contribution in [-0.2, 0) is 6.61 Å². The van der Waals surface area contributed by atoms with E-state index in [1.807, 2.05) is 42.5 Å². The van der Waals surface area contributed by atoms with Gasteiger partial charge in [0, 0.05) is 0 Å². The second kappa shape index (κ2) is 7.02. The number of benzene rings is 4. The van der Waals surface area contributed by atoms with Crippen molar-refractivity contribution in [3.8, 4) is 11.5 Å². The van der Waals surface area contributed by atoms with E-state index >= 15 is 0 Å². The van der Waals surface area contributed by atoms with E-state index in [0.29, 0.717) is 0 Å². The molecule has 4 aromatic rings. The Labute approximate surface area is 140 Å². The van der Waals surface area contributed by atoms with Crippen molar-refractivity contribution in [1.82, 2.24) is 0 Å². The first-order chi connectivity index (χ1) is 11.7. The lowest BCUT2D eigenvalue weighted by Gasteiger charge is -2.01. The zero-order chi connectivity index (χ0) is 16.9. The number of fused-ring (bicyclic) bond motifs is 2. The van der Waals surface area contributed by atoms with E-state index in [1.54, 1.807) is 24.3 Å². The first-order valence-corrected chi connectivity index (χ1v) is 7.66. The molecule has 0 aliphatic rings. The van der Waals surface area contributed by atoms with E-state index in [0.717, 1.165) is 21.7 Å². The van der Waals surface area contributed by atoms with Crippen molar-refractivity contribution in [3.05, 3.63) is 84.4 Å². The molecule has 0 aliphatic heterocycles. The van der Waals surface area contributed by atoms with Crippen LogP contribution in [0, 0.1) is 0 Å². The molecule has 0 saturated carbocycles. The Morgan fingerprint density at radius 2 is 1.21 bits per heavy atom. The predicted molar refractivity (Wildman–Crippen MR) is 97.1 cm³/mol. The molecule has 0 atom stereocenters. The van der Waals surface area contributed by atoms with Crippen LogP contribution in [0.3, 0.4) is 0 Å². The maximum absolute atomic E-state index is 9.14. The number of aliphatic hydroxyl groups excluding tert-OH is 1. The molecule has 0 fully saturated rings. The summed E-state index contributed by atoms with van der Waals surface area (Å²) in [5.74, 6) is 0.432. The fraction of sp³-hybridized carbons (Fsp3) is 0.0476. The molecule has 120 valence electrons. The maximum Gasteiger partial charge on any atom is 0.116 e. The van der Waals surface area contributed by atoms with Crippen LogP contribution in [0.5, 0.6) is 11.5 Å². The van der Waals surface area contributed by atoms with E-state index in [9.17, 15) is 0 Å². The lowest BCUT2D eigenvalue weighted by Crippen LogP contribution is -1.84. The smallest absolute Gasteiger partial charge is 0.116 e. The lowest BCUT2D eigenvalue weighted by molar-refractivity contribution is 0.283. The quantitative estimate of drug-likeness (QED) is 0.481. The van der Waals surface area contributed by atoms with Gasteiger partial charge in [0.2, 0.25) is 0 Å². The number of aromatic hydroxyl groups is 2. The van der Waals surface area contributed by atoms with Gasteiger partial charge in [-0.05, 0) is 51.4 Å². The Balaban J connectivity index is 0.000000141. The number of rotatable bonds is 1. The standard InChI is InChI=1S/C11H10O.C10H8O2/c12-8-10-6-3-5-9-4-1-2-7-11(9)10;11-9-3-1-7-2-4-10(12)6-8(7)5-9/h1-7,12H,8H2;1-6,11-12H. The topological polar surface area (TPSA) is 60.7 Å². The molecule has 0 radical (unpaired) electrons. The summed E-state index contributed by atoms with van der Waals surface area (Å²) in [5, 5.41) is 31.5. The third kappa shape index (κ3) is 3.47. The molecule has 0 saturated heterocycles. The van der Waals surface area contributed by atoms with Gasteiger partial charge in [-0.1, -0.05) is 54.6 Å². The van der Waals surface area contributed by atoms with Crippen LogP contribution in [0.25, 0.3) is 21.5 Å². The molecule has 0 aliphatic carbocycles. The fourth-order valence-electron chi connectivity index (χ4n) is 2.65. The average molecular weight is 318 g/mol. The van der Waals surface area contributed by atoms with Crippen LogP contribution in [0.15, 0.2) is 78.9 Å². The summed E-state index contributed by atoms with van der Waals surface area (Å²) in [7, 11) is 0. The van der Waals surface area contributed by atoms with Crippen molar-refractivity contribution in [3.63, 3.8) is 0 Å². The molecule has 24 heavy (non-hydrogen) atoms. The summed E-state index contributed by atoms with van der Waals surface area (Å²) in [6.07, 6.45) is 0. The van der Waals surface area contributed by atoms with Gasteiger partial charge in [0.05, 0.1) is 6.61 Å². The van der Waals surface area contributed by atoms with Crippen molar-refractivity contribution in [2.24, 2.45) is 0 Å². The van der Waals surface area contributed by atoms with Crippen molar-refractivity contribution in [2.75, 3.05) is 0 Å². The minimum atomic E-state index is 0.112. The summed E-state index contributed by atoms with van der Waals surface area (Å²) < 4.78 is 0. The van der Waals surface area contributed by atoms with Gasteiger partial charge >= 0.3 is 0 Å². The zero-order valence-corrected chi connectivity index (χ0v) is 13.1. The minimum absolute atomic E-state index is 0.112. The fourth-order valence-corrected chi connectivity index (χ4v) is 2.65. The Hall–Kier alpha value is -3.04. The summed E-state index contributed by atoms with van der Waals surface area (Å²) in [6, 6.07) is 24.1. The normalized spacial score (nSPS) is 10.4. The van der Waals surface area contributed by atoms with Crippen molar-refractivity contribution < 1.29 is 15.3 Å². The first-order valence-electron chi connectivity index (χ1n) is 7.66. The van der Waals surface area contributed by atoms with Gasteiger partial charge < -0.3 is 15.3 Å². The highest BCUT2D eigenvalue weighted by Crippen LogP contribution is 2.23. The van der Waals surface area contributed by atoms with Gasteiger partial charge in [-0.3, -0.25) is 0 Å². The maximum atomic E-state index is 9.14. The molecule has 0 heterocycles. The van der Waals surface area contributed by atoms with Gasteiger partial charge in [-0.2, -0.15) is 0 Å². The highest BCUT2D eigenvalue weighted by molar-refractivity contribution is 5.86. The second-order valence-electron chi connectivity index (χ2n) is 5.51. The van der Waals surface area contributed by atoms with Gasteiger partial charge in [0.1, 0.15) is 11.5 Å². The molecule has 0 unspecified atom stereocenters. The molecular weight excluding hydrogens is 300 g/mol. The molecule has 3 heteroatoms. The number of hydrogen-bond acceptors (Lipinski definition) is 3. The van der Waals surface area contributed by atoms with Gasteiger partial charge in [-0.25, -0.2) is 0 Å². The van der Waals surface area contributed by atoms with Crippen LogP contribution >= 0.6 is 0 Å². The number of aliphatic hydroxyl groups is 1. The van der Waals surface area contributed by atoms with E-state index in [-0.39, 0.29) is 18.1 Å². The Morgan fingerprint density at radius 1 is 0.583 bits per heavy atom. The molecule has 4 rings (SSSR count). The van der Waals surface area contributed by atoms with Gasteiger partial charge in [0.15, 0.2) is 0 Å². The lowest BCUT2D eigenvalue weighted by atomic mass is 10.1. The largest absolute Gasteiger partial charge is 0.508 e. The molecule has 0 spiro atoms. The van der Waals surface area contributed by atoms with Gasteiger partial charge in [-0.15, -0.1) is 0 Å². The van der Waals surface area contributed by atoms with Gasteiger partial charge in [0.25, 0.3) is 0 Å². The van der Waals surface area contributed by atoms with Crippen molar-refractivity contribution >= 4 is 21.5 Å². The molecule has 0 aromatic heterocycles. The van der Waals surface area contributed by atoms with Crippen molar-refractivity contribution in [2.45, 2.75) is 6.61 Å². The molecule has 4 aromatic carbocycles. The van der Waals surface area contributed by atoms with Crippen molar-refractivity contribution in [1.29, 1.82) is 0 Å². The Morgan fingerprint density at radius 3 is 1.88 bits per heavy atom. The minimum Gasteiger partial charge on any atom is -0.508 e. The van der Waals surface area contributed by atoms with E-state index in [4.69, 9.17) is 15.3 Å². The number of phenolic OH excluding ortho intramolecular Hbond substituents is 2. The predicted octanol–water partition coefficient (Wildman–Crippen LogP) is 4.58. The number of hydrogen-bond donors (Lipinski definition) is 3. The molecular formula is C21H18O3. The Kier molecular flexibility index (Phi) is 4.64. The summed E-state index contributed by atoms with van der Waals surface area (Å²) in [5.41, 5.74) is 0.994. The zero-order valence-electron chi connectivity index (χ0n) is 13.1. The first kappa shape index (κ1) is 15.8. The number of phenols is 2.